The van der Waals surface area contributed by atoms with Crippen molar-refractivity contribution in [2.24, 2.45) is 0 Å². The van der Waals surface area contributed by atoms with Gasteiger partial charge in [0.25, 0.3) is 5.91 Å². The van der Waals surface area contributed by atoms with Crippen LogP contribution < -0.4 is 5.32 Å². The van der Waals surface area contributed by atoms with Crippen molar-refractivity contribution in [1.29, 1.82) is 0 Å². The number of hydrogen-bond donors (Lipinski definition) is 1. The van der Waals surface area contributed by atoms with Crippen molar-refractivity contribution in [2.75, 3.05) is 26.2 Å². The molecule has 0 aliphatic heterocycles. The number of hydrogen-bond acceptors (Lipinski definition) is 5. The summed E-state index contributed by atoms with van der Waals surface area (Å²) in [6.45, 7) is 8.52. The Hall–Kier alpha value is -2.61. The van der Waals surface area contributed by atoms with Crippen LogP contribution in [-0.4, -0.2) is 53.5 Å². The van der Waals surface area contributed by atoms with Crippen molar-refractivity contribution in [3.63, 3.8) is 0 Å². The summed E-state index contributed by atoms with van der Waals surface area (Å²) in [7, 11) is 0. The van der Waals surface area contributed by atoms with E-state index in [0.717, 1.165) is 11.4 Å². The van der Waals surface area contributed by atoms with Crippen molar-refractivity contribution in [3.8, 4) is 0 Å². The summed E-state index contributed by atoms with van der Waals surface area (Å²) in [5, 5.41) is 4.67. The Bertz CT molecular complexity index is 827. The van der Waals surface area contributed by atoms with Gasteiger partial charge in [0.2, 0.25) is 5.91 Å². The summed E-state index contributed by atoms with van der Waals surface area (Å²) < 4.78 is 7.28. The number of aromatic nitrogens is 1. The molecule has 0 aliphatic carbocycles. The SMILES string of the molecule is CCNC(=O)CN(CC)C(=O)COC(=O)c1cc(C)n(Cc2cccs2)c1C. The molecule has 0 aromatic carbocycles. The average molecular weight is 406 g/mol. The van der Waals surface area contributed by atoms with Gasteiger partial charge in [-0.2, -0.15) is 0 Å². The zero-order valence-corrected chi connectivity index (χ0v) is 17.6. The summed E-state index contributed by atoms with van der Waals surface area (Å²) in [4.78, 5) is 39.0. The summed E-state index contributed by atoms with van der Waals surface area (Å²) in [5.74, 6) is -1.16. The summed E-state index contributed by atoms with van der Waals surface area (Å²) in [6, 6.07) is 5.82. The zero-order chi connectivity index (χ0) is 20.7. The minimum absolute atomic E-state index is 0.0456. The molecule has 8 heteroatoms. The molecule has 7 nitrogen and oxygen atoms in total. The summed E-state index contributed by atoms with van der Waals surface area (Å²) in [6.07, 6.45) is 0. The molecule has 2 aromatic heterocycles. The Balaban J connectivity index is 1.99. The number of rotatable bonds is 9. The van der Waals surface area contributed by atoms with E-state index in [1.807, 2.05) is 38.3 Å². The minimum atomic E-state index is -0.534. The van der Waals surface area contributed by atoms with E-state index in [9.17, 15) is 14.4 Å². The molecule has 2 heterocycles. The average Bonchev–Trinajstić information content (AvgIpc) is 3.28. The first-order chi connectivity index (χ1) is 13.4. The van der Waals surface area contributed by atoms with E-state index in [2.05, 4.69) is 9.88 Å². The van der Waals surface area contributed by atoms with Gasteiger partial charge in [-0.3, -0.25) is 9.59 Å². The number of amides is 2. The highest BCUT2D eigenvalue weighted by atomic mass is 32.1. The highest BCUT2D eigenvalue weighted by Gasteiger charge is 2.21. The summed E-state index contributed by atoms with van der Waals surface area (Å²) in [5.41, 5.74) is 2.21. The molecule has 0 spiro atoms. The maximum Gasteiger partial charge on any atom is 0.340 e. The second-order valence-corrected chi connectivity index (χ2v) is 7.42. The van der Waals surface area contributed by atoms with E-state index in [4.69, 9.17) is 4.74 Å². The van der Waals surface area contributed by atoms with Crippen LogP contribution in [-0.2, 0) is 20.9 Å². The topological polar surface area (TPSA) is 80.6 Å². The standard InChI is InChI=1S/C20H27N3O4S/c1-5-21-18(24)12-22(6-2)19(25)13-27-20(26)17-10-14(3)23(15(17)4)11-16-8-7-9-28-16/h7-10H,5-6,11-13H2,1-4H3,(H,21,24). The van der Waals surface area contributed by atoms with Gasteiger partial charge in [0.05, 0.1) is 18.7 Å². The van der Waals surface area contributed by atoms with Gasteiger partial charge in [-0.15, -0.1) is 11.3 Å². The number of nitrogens with zero attached hydrogens (tertiary/aromatic N) is 2. The Morgan fingerprint density at radius 1 is 1.25 bits per heavy atom. The maximum atomic E-state index is 12.5. The fourth-order valence-electron chi connectivity index (χ4n) is 2.91. The van der Waals surface area contributed by atoms with Crippen LogP contribution in [0.4, 0.5) is 0 Å². The highest BCUT2D eigenvalue weighted by Crippen LogP contribution is 2.20. The van der Waals surface area contributed by atoms with E-state index in [1.54, 1.807) is 24.3 Å². The van der Waals surface area contributed by atoms with Gasteiger partial charge in [-0.05, 0) is 45.2 Å². The number of ether oxygens (including phenoxy) is 1. The van der Waals surface area contributed by atoms with E-state index >= 15 is 0 Å². The highest BCUT2D eigenvalue weighted by molar-refractivity contribution is 7.09. The van der Waals surface area contributed by atoms with Crippen LogP contribution >= 0.6 is 11.3 Å². The second kappa shape index (κ2) is 10.1. The second-order valence-electron chi connectivity index (χ2n) is 6.39. The monoisotopic (exact) mass is 405 g/mol. The lowest BCUT2D eigenvalue weighted by atomic mass is 10.2. The van der Waals surface area contributed by atoms with Crippen LogP contribution in [0.5, 0.6) is 0 Å². The lowest BCUT2D eigenvalue weighted by Crippen LogP contribution is -2.42. The van der Waals surface area contributed by atoms with E-state index in [1.165, 1.54) is 9.78 Å². The minimum Gasteiger partial charge on any atom is -0.452 e. The molecule has 0 radical (unpaired) electrons. The molecule has 2 rings (SSSR count). The molecule has 0 bridgehead atoms. The van der Waals surface area contributed by atoms with Crippen LogP contribution in [0.2, 0.25) is 0 Å². The molecule has 0 fully saturated rings. The number of carbonyl (C=O) groups is 3. The largest absolute Gasteiger partial charge is 0.452 e. The van der Waals surface area contributed by atoms with E-state index < -0.39 is 11.9 Å². The normalized spacial score (nSPS) is 10.6. The lowest BCUT2D eigenvalue weighted by Gasteiger charge is -2.20. The Kier molecular flexibility index (Phi) is 7.80. The van der Waals surface area contributed by atoms with Crippen LogP contribution in [0.3, 0.4) is 0 Å². The van der Waals surface area contributed by atoms with Gasteiger partial charge in [0.1, 0.15) is 0 Å². The van der Waals surface area contributed by atoms with Crippen molar-refractivity contribution in [2.45, 2.75) is 34.2 Å². The van der Waals surface area contributed by atoms with Gasteiger partial charge in [-0.1, -0.05) is 6.07 Å². The number of aryl methyl sites for hydroxylation is 1. The molecule has 0 aliphatic rings. The fourth-order valence-corrected chi connectivity index (χ4v) is 3.60. The molecular weight excluding hydrogens is 378 g/mol. The third-order valence-electron chi connectivity index (χ3n) is 4.46. The summed E-state index contributed by atoms with van der Waals surface area (Å²) >= 11 is 1.66. The Morgan fingerprint density at radius 2 is 2.00 bits per heavy atom. The number of carbonyl (C=O) groups excluding carboxylic acids is 3. The van der Waals surface area contributed by atoms with Crippen molar-refractivity contribution < 1.29 is 19.1 Å². The van der Waals surface area contributed by atoms with Gasteiger partial charge in [0.15, 0.2) is 6.61 Å². The lowest BCUT2D eigenvalue weighted by molar-refractivity contribution is -0.138. The van der Waals surface area contributed by atoms with Crippen LogP contribution in [0.15, 0.2) is 23.6 Å². The molecule has 0 unspecified atom stereocenters. The molecule has 152 valence electrons. The first-order valence-corrected chi connectivity index (χ1v) is 10.2. The van der Waals surface area contributed by atoms with Crippen LogP contribution in [0, 0.1) is 13.8 Å². The van der Waals surface area contributed by atoms with Gasteiger partial charge >= 0.3 is 5.97 Å². The first-order valence-electron chi connectivity index (χ1n) is 9.28. The van der Waals surface area contributed by atoms with Crippen molar-refractivity contribution in [1.82, 2.24) is 14.8 Å². The quantitative estimate of drug-likeness (QED) is 0.650. The van der Waals surface area contributed by atoms with E-state index in [-0.39, 0.29) is 19.1 Å². The Labute approximate surface area is 169 Å². The van der Waals surface area contributed by atoms with E-state index in [0.29, 0.717) is 25.2 Å². The molecule has 1 N–H and O–H groups in total. The maximum absolute atomic E-state index is 12.5. The predicted molar refractivity (Wildman–Crippen MR) is 109 cm³/mol. The van der Waals surface area contributed by atoms with Gasteiger partial charge in [-0.25, -0.2) is 4.79 Å². The third-order valence-corrected chi connectivity index (χ3v) is 5.32. The van der Waals surface area contributed by atoms with Crippen molar-refractivity contribution in [3.05, 3.63) is 45.4 Å². The number of likely N-dealkylation sites (N-methyl/N-ethyl adjacent to an activating group) is 2. The van der Waals surface area contributed by atoms with Crippen LogP contribution in [0.1, 0.15) is 40.5 Å². The Morgan fingerprint density at radius 3 is 2.61 bits per heavy atom. The molecule has 28 heavy (non-hydrogen) atoms. The predicted octanol–water partition coefficient (Wildman–Crippen LogP) is 2.36. The number of esters is 1. The fraction of sp³-hybridized carbons (Fsp3) is 0.450. The van der Waals surface area contributed by atoms with Gasteiger partial charge < -0.3 is 19.5 Å². The number of nitrogens with one attached hydrogen (secondary N) is 1. The third kappa shape index (κ3) is 5.45. The first kappa shape index (κ1) is 21.7. The van der Waals surface area contributed by atoms with Crippen molar-refractivity contribution >= 4 is 29.1 Å². The number of thiophene rings is 1. The molecule has 0 saturated heterocycles. The van der Waals surface area contributed by atoms with Gasteiger partial charge in [0, 0.05) is 29.4 Å². The smallest absolute Gasteiger partial charge is 0.340 e. The molecular formula is C20H27N3O4S. The molecule has 0 saturated carbocycles. The van der Waals surface area contributed by atoms with Crippen LogP contribution in [0.25, 0.3) is 0 Å². The zero-order valence-electron chi connectivity index (χ0n) is 16.8. The molecule has 2 aromatic rings. The molecule has 2 amide bonds. The molecule has 0 atom stereocenters.